The first kappa shape index (κ1) is 12.3. The molecular formula is C14H16FNS. The molecule has 0 radical (unpaired) electrons. The number of benzene rings is 1. The molecule has 0 aliphatic carbocycles. The topological polar surface area (TPSA) is 12.0 Å². The minimum atomic E-state index is -0.182. The van der Waals surface area contributed by atoms with Crippen molar-refractivity contribution in [3.05, 3.63) is 47.1 Å². The van der Waals surface area contributed by atoms with Crippen LogP contribution >= 0.6 is 11.3 Å². The van der Waals surface area contributed by atoms with Gasteiger partial charge in [0.05, 0.1) is 0 Å². The van der Waals surface area contributed by atoms with Gasteiger partial charge < -0.3 is 5.32 Å². The molecule has 1 aromatic carbocycles. The SMILES string of the molecule is CCC(NC)c1ccc(-c2cccc(F)c2)s1. The zero-order chi connectivity index (χ0) is 12.3. The number of halogens is 1. The molecule has 2 rings (SSSR count). The van der Waals surface area contributed by atoms with Gasteiger partial charge in [-0.3, -0.25) is 0 Å². The van der Waals surface area contributed by atoms with Crippen molar-refractivity contribution in [3.8, 4) is 10.4 Å². The standard InChI is InChI=1S/C14H16FNS/c1-3-12(16-2)14-8-7-13(17-14)10-5-4-6-11(15)9-10/h4-9,12,16H,3H2,1-2H3. The Hall–Kier alpha value is -1.19. The lowest BCUT2D eigenvalue weighted by molar-refractivity contribution is 0.586. The highest BCUT2D eigenvalue weighted by Crippen LogP contribution is 2.32. The van der Waals surface area contributed by atoms with Gasteiger partial charge >= 0.3 is 0 Å². The summed E-state index contributed by atoms with van der Waals surface area (Å²) in [6.07, 6.45) is 1.06. The summed E-state index contributed by atoms with van der Waals surface area (Å²) in [6.45, 7) is 2.16. The lowest BCUT2D eigenvalue weighted by Gasteiger charge is -2.10. The second kappa shape index (κ2) is 5.43. The van der Waals surface area contributed by atoms with Gasteiger partial charge in [0.2, 0.25) is 0 Å². The third kappa shape index (κ3) is 2.73. The fraction of sp³-hybridized carbons (Fsp3) is 0.286. The van der Waals surface area contributed by atoms with Gasteiger partial charge in [0, 0.05) is 15.8 Å². The van der Waals surface area contributed by atoms with E-state index >= 15 is 0 Å². The summed E-state index contributed by atoms with van der Waals surface area (Å²) in [5.41, 5.74) is 0.951. The van der Waals surface area contributed by atoms with Gasteiger partial charge in [-0.05, 0) is 43.3 Å². The van der Waals surface area contributed by atoms with Crippen LogP contribution in [0.15, 0.2) is 36.4 Å². The van der Waals surface area contributed by atoms with Crippen molar-refractivity contribution in [1.82, 2.24) is 5.32 Å². The van der Waals surface area contributed by atoms with Crippen molar-refractivity contribution >= 4 is 11.3 Å². The molecule has 0 bridgehead atoms. The van der Waals surface area contributed by atoms with Gasteiger partial charge in [0.25, 0.3) is 0 Å². The minimum Gasteiger partial charge on any atom is -0.312 e. The maximum absolute atomic E-state index is 13.1. The maximum Gasteiger partial charge on any atom is 0.123 e. The zero-order valence-corrected chi connectivity index (χ0v) is 10.9. The molecule has 90 valence electrons. The number of nitrogens with one attached hydrogen (secondary N) is 1. The third-order valence-corrected chi connectivity index (χ3v) is 4.08. The monoisotopic (exact) mass is 249 g/mol. The average Bonchev–Trinajstić information content (AvgIpc) is 2.80. The van der Waals surface area contributed by atoms with E-state index in [0.29, 0.717) is 6.04 Å². The number of hydrogen-bond donors (Lipinski definition) is 1. The fourth-order valence-electron chi connectivity index (χ4n) is 1.88. The summed E-state index contributed by atoms with van der Waals surface area (Å²) in [4.78, 5) is 2.42. The quantitative estimate of drug-likeness (QED) is 0.855. The average molecular weight is 249 g/mol. The van der Waals surface area contributed by atoms with Crippen LogP contribution in [0.3, 0.4) is 0 Å². The van der Waals surface area contributed by atoms with E-state index in [1.807, 2.05) is 13.1 Å². The molecule has 0 amide bonds. The Morgan fingerprint density at radius 3 is 2.76 bits per heavy atom. The molecule has 1 heterocycles. The van der Waals surface area contributed by atoms with E-state index in [1.54, 1.807) is 23.5 Å². The van der Waals surface area contributed by atoms with E-state index in [-0.39, 0.29) is 5.82 Å². The smallest absolute Gasteiger partial charge is 0.123 e. The second-order valence-corrected chi connectivity index (χ2v) is 5.08. The molecule has 1 nitrogen and oxygen atoms in total. The van der Waals surface area contributed by atoms with E-state index in [9.17, 15) is 4.39 Å². The molecule has 1 unspecified atom stereocenters. The van der Waals surface area contributed by atoms with E-state index in [4.69, 9.17) is 0 Å². The Morgan fingerprint density at radius 2 is 2.12 bits per heavy atom. The molecule has 1 atom stereocenters. The molecular weight excluding hydrogens is 233 g/mol. The van der Waals surface area contributed by atoms with Gasteiger partial charge in [-0.1, -0.05) is 19.1 Å². The lowest BCUT2D eigenvalue weighted by Crippen LogP contribution is -2.13. The van der Waals surface area contributed by atoms with Gasteiger partial charge in [-0.2, -0.15) is 0 Å². The Bertz CT molecular complexity index is 488. The van der Waals surface area contributed by atoms with Crippen LogP contribution in [0, 0.1) is 5.82 Å². The molecule has 0 saturated heterocycles. The van der Waals surface area contributed by atoms with Crippen LogP contribution in [0.1, 0.15) is 24.3 Å². The van der Waals surface area contributed by atoms with Crippen LogP contribution in [-0.4, -0.2) is 7.05 Å². The second-order valence-electron chi connectivity index (χ2n) is 3.96. The summed E-state index contributed by atoms with van der Waals surface area (Å²) < 4.78 is 13.1. The summed E-state index contributed by atoms with van der Waals surface area (Å²) in [7, 11) is 1.97. The van der Waals surface area contributed by atoms with E-state index in [0.717, 1.165) is 16.9 Å². The molecule has 1 aromatic heterocycles. The van der Waals surface area contributed by atoms with Crippen LogP contribution in [0.2, 0.25) is 0 Å². The van der Waals surface area contributed by atoms with Crippen molar-refractivity contribution in [1.29, 1.82) is 0 Å². The number of hydrogen-bond acceptors (Lipinski definition) is 2. The van der Waals surface area contributed by atoms with Crippen molar-refractivity contribution in [2.24, 2.45) is 0 Å². The predicted octanol–water partition coefficient (Wildman–Crippen LogP) is 4.22. The first-order valence-electron chi connectivity index (χ1n) is 5.77. The van der Waals surface area contributed by atoms with Crippen molar-refractivity contribution < 1.29 is 4.39 Å². The minimum absolute atomic E-state index is 0.182. The molecule has 0 aliphatic rings. The lowest BCUT2D eigenvalue weighted by atomic mass is 10.1. The highest BCUT2D eigenvalue weighted by atomic mass is 32.1. The molecule has 17 heavy (non-hydrogen) atoms. The first-order chi connectivity index (χ1) is 8.24. The molecule has 3 heteroatoms. The Kier molecular flexibility index (Phi) is 3.92. The highest BCUT2D eigenvalue weighted by molar-refractivity contribution is 7.15. The largest absolute Gasteiger partial charge is 0.312 e. The van der Waals surface area contributed by atoms with Gasteiger partial charge in [-0.15, -0.1) is 11.3 Å². The van der Waals surface area contributed by atoms with Crippen LogP contribution in [0.4, 0.5) is 4.39 Å². The van der Waals surface area contributed by atoms with Crippen LogP contribution in [0.25, 0.3) is 10.4 Å². The van der Waals surface area contributed by atoms with E-state index in [2.05, 4.69) is 24.4 Å². The molecule has 0 saturated carbocycles. The maximum atomic E-state index is 13.1. The van der Waals surface area contributed by atoms with Gasteiger partial charge in [0.1, 0.15) is 5.82 Å². The third-order valence-electron chi connectivity index (χ3n) is 2.84. The molecule has 1 N–H and O–H groups in total. The Morgan fingerprint density at radius 1 is 1.29 bits per heavy atom. The molecule has 0 aliphatic heterocycles. The molecule has 0 fully saturated rings. The zero-order valence-electron chi connectivity index (χ0n) is 10.0. The van der Waals surface area contributed by atoms with Crippen molar-refractivity contribution in [2.45, 2.75) is 19.4 Å². The van der Waals surface area contributed by atoms with Crippen LogP contribution in [0.5, 0.6) is 0 Å². The van der Waals surface area contributed by atoms with Crippen molar-refractivity contribution in [2.75, 3.05) is 7.05 Å². The normalized spacial score (nSPS) is 12.6. The number of thiophene rings is 1. The number of rotatable bonds is 4. The summed E-state index contributed by atoms with van der Waals surface area (Å²) in [5.74, 6) is -0.182. The van der Waals surface area contributed by atoms with E-state index < -0.39 is 0 Å². The first-order valence-corrected chi connectivity index (χ1v) is 6.59. The summed E-state index contributed by atoms with van der Waals surface area (Å²) in [5, 5.41) is 3.28. The predicted molar refractivity (Wildman–Crippen MR) is 71.8 cm³/mol. The Balaban J connectivity index is 2.29. The molecule has 0 spiro atoms. The van der Waals surface area contributed by atoms with Gasteiger partial charge in [-0.25, -0.2) is 4.39 Å². The van der Waals surface area contributed by atoms with Gasteiger partial charge in [0.15, 0.2) is 0 Å². The fourth-order valence-corrected chi connectivity index (χ4v) is 3.08. The highest BCUT2D eigenvalue weighted by Gasteiger charge is 2.10. The van der Waals surface area contributed by atoms with Crippen LogP contribution in [-0.2, 0) is 0 Å². The molecule has 2 aromatic rings. The summed E-state index contributed by atoms with van der Waals surface area (Å²) in [6, 6.07) is 11.3. The Labute approximate surface area is 105 Å². The summed E-state index contributed by atoms with van der Waals surface area (Å²) >= 11 is 1.72. The van der Waals surface area contributed by atoms with Crippen LogP contribution < -0.4 is 5.32 Å². The van der Waals surface area contributed by atoms with E-state index in [1.165, 1.54) is 10.9 Å². The van der Waals surface area contributed by atoms with Crippen molar-refractivity contribution in [3.63, 3.8) is 0 Å².